The predicted molar refractivity (Wildman–Crippen MR) is 113 cm³/mol. The second-order valence-corrected chi connectivity index (χ2v) is 8.13. The predicted octanol–water partition coefficient (Wildman–Crippen LogP) is 6.49. The lowest BCUT2D eigenvalue weighted by Crippen LogP contribution is -2.06. The van der Waals surface area contributed by atoms with Crippen molar-refractivity contribution in [2.75, 3.05) is 0 Å². The minimum Gasteiger partial charge on any atom is -0.490 e. The zero-order valence-electron chi connectivity index (χ0n) is 15.8. The van der Waals surface area contributed by atoms with Gasteiger partial charge in [-0.15, -0.1) is 11.3 Å². The third kappa shape index (κ3) is 3.32. The van der Waals surface area contributed by atoms with Crippen LogP contribution in [-0.2, 0) is 6.42 Å². The molecule has 2 aromatic carbocycles. The summed E-state index contributed by atoms with van der Waals surface area (Å²) in [4.78, 5) is 12.2. The number of fused-ring (bicyclic) bond motifs is 1. The molecule has 1 aromatic heterocycles. The van der Waals surface area contributed by atoms with E-state index in [0.717, 1.165) is 29.5 Å². The van der Waals surface area contributed by atoms with E-state index in [1.54, 1.807) is 11.3 Å². The van der Waals surface area contributed by atoms with Gasteiger partial charge in [-0.2, -0.15) is 10.2 Å². The first-order chi connectivity index (χ1) is 13.6. The summed E-state index contributed by atoms with van der Waals surface area (Å²) in [6.07, 6.45) is 1.70. The monoisotopic (exact) mass is 388 g/mol. The summed E-state index contributed by atoms with van der Waals surface area (Å²) in [5.74, 6) is 0.616. The molecular weight excluding hydrogens is 368 g/mol. The molecule has 3 aromatic rings. The van der Waals surface area contributed by atoms with Crippen LogP contribution in [0.1, 0.15) is 43.0 Å². The average Bonchev–Trinajstić information content (AvgIpc) is 3.34. The number of benzene rings is 2. The molecule has 0 fully saturated rings. The van der Waals surface area contributed by atoms with E-state index in [-0.39, 0.29) is 12.1 Å². The van der Waals surface area contributed by atoms with Gasteiger partial charge in [-0.25, -0.2) is 0 Å². The van der Waals surface area contributed by atoms with Crippen molar-refractivity contribution in [3.05, 3.63) is 69.4 Å². The van der Waals surface area contributed by atoms with Crippen LogP contribution >= 0.6 is 11.3 Å². The molecule has 0 spiro atoms. The van der Waals surface area contributed by atoms with Crippen molar-refractivity contribution in [3.63, 3.8) is 0 Å². The van der Waals surface area contributed by atoms with Gasteiger partial charge in [0, 0.05) is 4.88 Å². The van der Waals surface area contributed by atoms with Gasteiger partial charge in [0.2, 0.25) is 0 Å². The zero-order chi connectivity index (χ0) is 19.7. The number of nitroso groups, excluding NO2 is 1. The fourth-order valence-electron chi connectivity index (χ4n) is 3.76. The van der Waals surface area contributed by atoms with Gasteiger partial charge in [0.1, 0.15) is 17.9 Å². The van der Waals surface area contributed by atoms with Crippen LogP contribution in [-0.4, -0.2) is 6.10 Å². The second kappa shape index (κ2) is 7.57. The Morgan fingerprint density at radius 3 is 2.82 bits per heavy atom. The van der Waals surface area contributed by atoms with Crippen molar-refractivity contribution >= 4 is 11.3 Å². The largest absolute Gasteiger partial charge is 0.490 e. The minimum atomic E-state index is -0.221. The van der Waals surface area contributed by atoms with Crippen LogP contribution < -0.4 is 4.74 Å². The normalized spacial score (nSPS) is 15.3. The Bertz CT molecular complexity index is 1080. The number of thiophene rings is 1. The van der Waals surface area contributed by atoms with Crippen molar-refractivity contribution in [2.45, 2.75) is 38.8 Å². The highest BCUT2D eigenvalue weighted by Crippen LogP contribution is 2.42. The van der Waals surface area contributed by atoms with E-state index in [4.69, 9.17) is 4.74 Å². The minimum absolute atomic E-state index is 0.0237. The maximum Gasteiger partial charge on any atom is 0.137 e. The van der Waals surface area contributed by atoms with Gasteiger partial charge >= 0.3 is 0 Å². The molecule has 0 radical (unpaired) electrons. The second-order valence-electron chi connectivity index (χ2n) is 7.22. The molecule has 28 heavy (non-hydrogen) atoms. The van der Waals surface area contributed by atoms with E-state index < -0.39 is 0 Å². The van der Waals surface area contributed by atoms with Crippen molar-refractivity contribution in [2.24, 2.45) is 5.18 Å². The molecule has 1 unspecified atom stereocenters. The van der Waals surface area contributed by atoms with Crippen molar-refractivity contribution in [3.8, 4) is 33.4 Å². The van der Waals surface area contributed by atoms with Gasteiger partial charge < -0.3 is 4.74 Å². The smallest absolute Gasteiger partial charge is 0.137 e. The first-order valence-corrected chi connectivity index (χ1v) is 10.2. The quantitative estimate of drug-likeness (QED) is 0.469. The summed E-state index contributed by atoms with van der Waals surface area (Å²) >= 11 is 1.68. The lowest BCUT2D eigenvalue weighted by molar-refractivity contribution is 0.242. The topological polar surface area (TPSA) is 62.4 Å². The lowest BCUT2D eigenvalue weighted by Gasteiger charge is -2.11. The van der Waals surface area contributed by atoms with Gasteiger partial charge in [0.05, 0.1) is 11.7 Å². The van der Waals surface area contributed by atoms with Gasteiger partial charge in [-0.05, 0) is 78.1 Å². The molecule has 140 valence electrons. The third-order valence-electron chi connectivity index (χ3n) is 5.03. The van der Waals surface area contributed by atoms with Crippen LogP contribution in [0, 0.1) is 16.2 Å². The molecule has 0 saturated heterocycles. The molecule has 1 atom stereocenters. The number of hydrogen-bond acceptors (Lipinski definition) is 5. The third-order valence-corrected chi connectivity index (χ3v) is 5.99. The van der Waals surface area contributed by atoms with Gasteiger partial charge in [-0.3, -0.25) is 0 Å². The zero-order valence-corrected chi connectivity index (χ0v) is 16.6. The SMILES string of the molecule is CC(C)Oc1ccc(-c2csc(-c3cccc4c3CCC4N=O)c2)cc1C#N. The molecule has 0 bridgehead atoms. The Labute approximate surface area is 168 Å². The van der Waals surface area contributed by atoms with E-state index in [9.17, 15) is 10.2 Å². The number of rotatable bonds is 5. The van der Waals surface area contributed by atoms with Gasteiger partial charge in [0.25, 0.3) is 0 Å². The fraction of sp³-hybridized carbons (Fsp3) is 0.261. The number of hydrogen-bond donors (Lipinski definition) is 0. The highest BCUT2D eigenvalue weighted by molar-refractivity contribution is 7.14. The molecule has 5 heteroatoms. The molecule has 1 heterocycles. The Balaban J connectivity index is 1.69. The molecule has 0 N–H and O–H groups in total. The Kier molecular flexibility index (Phi) is 4.97. The molecule has 4 nitrogen and oxygen atoms in total. The highest BCUT2D eigenvalue weighted by atomic mass is 32.1. The Morgan fingerprint density at radius 1 is 1.21 bits per heavy atom. The van der Waals surface area contributed by atoms with E-state index in [1.807, 2.05) is 44.2 Å². The highest BCUT2D eigenvalue weighted by Gasteiger charge is 2.26. The summed E-state index contributed by atoms with van der Waals surface area (Å²) < 4.78 is 5.72. The number of nitrogens with zero attached hydrogens (tertiary/aromatic N) is 2. The lowest BCUT2D eigenvalue weighted by atomic mass is 9.99. The van der Waals surface area contributed by atoms with E-state index in [2.05, 4.69) is 28.8 Å². The molecular formula is C23H20N2O2S. The average molecular weight is 388 g/mol. The summed E-state index contributed by atoms with van der Waals surface area (Å²) in [5.41, 5.74) is 6.09. The summed E-state index contributed by atoms with van der Waals surface area (Å²) in [7, 11) is 0. The fourth-order valence-corrected chi connectivity index (χ4v) is 4.73. The first kappa shape index (κ1) is 18.4. The maximum absolute atomic E-state index is 11.1. The number of ether oxygens (including phenoxy) is 1. The summed E-state index contributed by atoms with van der Waals surface area (Å²) in [6, 6.07) is 16.0. The standard InChI is InChI=1S/C23H20N2O2S/c1-14(2)27-22-9-6-15(10-16(22)12-24)17-11-23(28-13-17)20-5-3-4-19-18(20)7-8-21(19)25-26/h3-6,9-11,13-14,21H,7-8H2,1-2H3. The van der Waals surface area contributed by atoms with Gasteiger partial charge in [-0.1, -0.05) is 29.4 Å². The van der Waals surface area contributed by atoms with Crippen molar-refractivity contribution in [1.82, 2.24) is 0 Å². The Hall–Kier alpha value is -2.97. The van der Waals surface area contributed by atoms with Crippen LogP contribution in [0.25, 0.3) is 21.6 Å². The van der Waals surface area contributed by atoms with Crippen LogP contribution in [0.2, 0.25) is 0 Å². The molecule has 4 rings (SSSR count). The van der Waals surface area contributed by atoms with E-state index >= 15 is 0 Å². The van der Waals surface area contributed by atoms with E-state index in [0.29, 0.717) is 11.3 Å². The Morgan fingerprint density at radius 2 is 2.07 bits per heavy atom. The van der Waals surface area contributed by atoms with Crippen LogP contribution in [0.3, 0.4) is 0 Å². The molecule has 0 saturated carbocycles. The van der Waals surface area contributed by atoms with Crippen molar-refractivity contribution in [1.29, 1.82) is 5.26 Å². The summed E-state index contributed by atoms with van der Waals surface area (Å²) in [6.45, 7) is 3.90. The molecule has 0 aliphatic heterocycles. The molecule has 0 amide bonds. The maximum atomic E-state index is 11.1. The van der Waals surface area contributed by atoms with E-state index in [1.165, 1.54) is 16.0 Å². The number of nitriles is 1. The van der Waals surface area contributed by atoms with Gasteiger partial charge in [0.15, 0.2) is 0 Å². The van der Waals surface area contributed by atoms with Crippen LogP contribution in [0.15, 0.2) is 53.0 Å². The molecule has 1 aliphatic carbocycles. The summed E-state index contributed by atoms with van der Waals surface area (Å²) in [5, 5.41) is 14.9. The van der Waals surface area contributed by atoms with Crippen LogP contribution in [0.4, 0.5) is 0 Å². The molecule has 1 aliphatic rings. The van der Waals surface area contributed by atoms with Crippen LogP contribution in [0.5, 0.6) is 5.75 Å². The first-order valence-electron chi connectivity index (χ1n) is 9.35. The van der Waals surface area contributed by atoms with Crippen molar-refractivity contribution < 1.29 is 4.74 Å².